The van der Waals surface area contributed by atoms with Gasteiger partial charge in [-0.1, -0.05) is 0 Å². The molecule has 7 nitrogen and oxygen atoms in total. The van der Waals surface area contributed by atoms with Crippen molar-refractivity contribution in [2.24, 2.45) is 0 Å². The lowest BCUT2D eigenvalue weighted by atomic mass is 10.5. The lowest BCUT2D eigenvalue weighted by Crippen LogP contribution is -2.35. The molecule has 2 unspecified atom stereocenters. The standard InChI is InChI=1S/C7H15Cl2N2O2P.H2O3S/c8-2-5-11(6-3-9)14(12)10-4-1-7-13-14;1-4(2)3/h1-7H2,(H,10,12);(H2,1,2,3)/p-1. The van der Waals surface area contributed by atoms with E-state index in [9.17, 15) is 4.57 Å². The molecule has 0 aromatic carbocycles. The summed E-state index contributed by atoms with van der Waals surface area (Å²) in [5.74, 6) is 0.845. The van der Waals surface area contributed by atoms with E-state index in [4.69, 9.17) is 41.0 Å². The average molecular weight is 342 g/mol. The highest BCUT2D eigenvalue weighted by atomic mass is 35.5. The Morgan fingerprint density at radius 3 is 2.28 bits per heavy atom. The first-order valence-electron chi connectivity index (χ1n) is 5.11. The van der Waals surface area contributed by atoms with Crippen LogP contribution in [-0.4, -0.2) is 56.0 Å². The van der Waals surface area contributed by atoms with Gasteiger partial charge in [-0.2, -0.15) is 0 Å². The van der Waals surface area contributed by atoms with Crippen LogP contribution in [0.25, 0.3) is 0 Å². The fraction of sp³-hybridized carbons (Fsp3) is 1.00. The maximum absolute atomic E-state index is 12.2. The second-order valence-electron chi connectivity index (χ2n) is 3.16. The van der Waals surface area contributed by atoms with Crippen molar-refractivity contribution in [3.05, 3.63) is 0 Å². The highest BCUT2D eigenvalue weighted by Gasteiger charge is 2.32. The predicted octanol–water partition coefficient (Wildman–Crippen LogP) is 1.22. The molecule has 0 amide bonds. The lowest BCUT2D eigenvalue weighted by molar-refractivity contribution is 0.233. The van der Waals surface area contributed by atoms with Gasteiger partial charge >= 0.3 is 7.67 Å². The first kappa shape index (κ1) is 18.8. The van der Waals surface area contributed by atoms with Gasteiger partial charge in [0.25, 0.3) is 0 Å². The number of rotatable bonds is 5. The number of nitrogens with one attached hydrogen (secondary N) is 1. The van der Waals surface area contributed by atoms with E-state index in [1.807, 2.05) is 0 Å². The largest absolute Gasteiger partial charge is 0.750 e. The number of hydrogen-bond donors (Lipinski definition) is 2. The maximum Gasteiger partial charge on any atom is 0.343 e. The summed E-state index contributed by atoms with van der Waals surface area (Å²) in [7, 11) is -2.84. The van der Waals surface area contributed by atoms with Crippen LogP contribution in [0, 0.1) is 0 Å². The molecule has 1 rings (SSSR count). The van der Waals surface area contributed by atoms with E-state index in [-0.39, 0.29) is 0 Å². The monoisotopic (exact) mass is 341 g/mol. The number of halogens is 2. The molecule has 1 fully saturated rings. The molecule has 1 saturated heterocycles. The van der Waals surface area contributed by atoms with Gasteiger partial charge in [0.2, 0.25) is 0 Å². The summed E-state index contributed by atoms with van der Waals surface area (Å²) in [6.07, 6.45) is 0.888. The average Bonchev–Trinajstić information content (AvgIpc) is 2.29. The summed E-state index contributed by atoms with van der Waals surface area (Å²) < 4.78 is 43.3. The van der Waals surface area contributed by atoms with E-state index >= 15 is 0 Å². The molecule has 0 saturated carbocycles. The zero-order chi connectivity index (χ0) is 14.0. The maximum atomic E-state index is 12.2. The Bertz CT molecular complexity index is 279. The lowest BCUT2D eigenvalue weighted by Gasteiger charge is -2.33. The molecule has 110 valence electrons. The Labute approximate surface area is 119 Å². The van der Waals surface area contributed by atoms with E-state index in [0.717, 1.165) is 13.0 Å². The molecule has 1 heterocycles. The Balaban J connectivity index is 0.000000631. The first-order valence-corrected chi connectivity index (χ1v) is 8.79. The minimum Gasteiger partial charge on any atom is -0.750 e. The highest BCUT2D eigenvalue weighted by Crippen LogP contribution is 2.47. The quantitative estimate of drug-likeness (QED) is 0.440. The van der Waals surface area contributed by atoms with Crippen molar-refractivity contribution >= 4 is 42.2 Å². The van der Waals surface area contributed by atoms with Gasteiger partial charge in [-0.05, 0) is 6.42 Å². The number of nitrogens with zero attached hydrogens (tertiary/aromatic N) is 1. The van der Waals surface area contributed by atoms with Crippen LogP contribution in [0.5, 0.6) is 0 Å². The van der Waals surface area contributed by atoms with Gasteiger partial charge in [-0.15, -0.1) is 23.2 Å². The van der Waals surface area contributed by atoms with Crippen LogP contribution in [0.1, 0.15) is 6.42 Å². The molecule has 0 aromatic rings. The normalized spacial score (nSPS) is 25.4. The van der Waals surface area contributed by atoms with Gasteiger partial charge in [0, 0.05) is 31.4 Å². The summed E-state index contributed by atoms with van der Waals surface area (Å²) in [6.45, 7) is 2.31. The van der Waals surface area contributed by atoms with Gasteiger partial charge < -0.3 is 13.6 Å². The second-order valence-corrected chi connectivity index (χ2v) is 6.54. The third-order valence-electron chi connectivity index (χ3n) is 1.96. The minimum atomic E-state index is -2.86. The van der Waals surface area contributed by atoms with Crippen molar-refractivity contribution in [2.45, 2.75) is 6.42 Å². The van der Waals surface area contributed by atoms with Crippen molar-refractivity contribution in [2.75, 3.05) is 38.0 Å². The number of alkyl halides is 2. The van der Waals surface area contributed by atoms with Gasteiger partial charge in [0.1, 0.15) is 0 Å². The third kappa shape index (κ3) is 8.04. The van der Waals surface area contributed by atoms with Crippen LogP contribution in [0.3, 0.4) is 0 Å². The molecule has 0 spiro atoms. The predicted molar refractivity (Wildman–Crippen MR) is 70.7 cm³/mol. The molecule has 11 heteroatoms. The van der Waals surface area contributed by atoms with Crippen molar-refractivity contribution in [1.29, 1.82) is 0 Å². The van der Waals surface area contributed by atoms with Gasteiger partial charge in [-0.3, -0.25) is 4.57 Å². The van der Waals surface area contributed by atoms with Crippen molar-refractivity contribution in [1.82, 2.24) is 9.76 Å². The van der Waals surface area contributed by atoms with Crippen LogP contribution in [-0.2, 0) is 20.5 Å². The summed E-state index contributed by atoms with van der Waals surface area (Å²) in [4.78, 5) is 0. The Hall–Kier alpha value is 0.760. The van der Waals surface area contributed by atoms with Crippen molar-refractivity contribution < 1.29 is 22.4 Å². The van der Waals surface area contributed by atoms with Crippen molar-refractivity contribution in [3.8, 4) is 0 Å². The topological polar surface area (TPSA) is 102 Å². The minimum absolute atomic E-state index is 0.423. The molecular weight excluding hydrogens is 326 g/mol. The number of hydrogen-bond acceptors (Lipinski definition) is 4. The van der Waals surface area contributed by atoms with Gasteiger partial charge in [0.05, 0.1) is 18.0 Å². The van der Waals surface area contributed by atoms with E-state index < -0.39 is 19.0 Å². The van der Waals surface area contributed by atoms with E-state index in [2.05, 4.69) is 5.09 Å². The molecule has 0 radical (unpaired) electrons. The SMILES string of the molecule is O=P1(N(CCCl)CCCl)NCCCO1.O=S([O-])O. The van der Waals surface area contributed by atoms with Crippen LogP contribution in [0.15, 0.2) is 0 Å². The zero-order valence-corrected chi connectivity index (χ0v) is 12.8. The van der Waals surface area contributed by atoms with Crippen LogP contribution in [0.2, 0.25) is 0 Å². The zero-order valence-electron chi connectivity index (χ0n) is 9.59. The van der Waals surface area contributed by atoms with Crippen molar-refractivity contribution in [3.63, 3.8) is 0 Å². The molecule has 0 bridgehead atoms. The third-order valence-corrected chi connectivity index (χ3v) is 4.60. The second kappa shape index (κ2) is 10.5. The fourth-order valence-electron chi connectivity index (χ4n) is 1.28. The smallest absolute Gasteiger partial charge is 0.343 e. The molecule has 2 atom stereocenters. The molecule has 0 aliphatic carbocycles. The van der Waals surface area contributed by atoms with Gasteiger partial charge in [0.15, 0.2) is 0 Å². The summed E-state index contributed by atoms with van der Waals surface area (Å²) in [5, 5.41) is 2.91. The summed E-state index contributed by atoms with van der Waals surface area (Å²) in [6, 6.07) is 0. The summed E-state index contributed by atoms with van der Waals surface area (Å²) in [5.41, 5.74) is 0. The molecule has 1 aliphatic rings. The first-order chi connectivity index (χ1) is 8.46. The van der Waals surface area contributed by atoms with E-state index in [1.165, 1.54) is 0 Å². The molecule has 0 aromatic heterocycles. The molecule has 2 N–H and O–H groups in total. The van der Waals surface area contributed by atoms with E-state index in [0.29, 0.717) is 31.5 Å². The Kier molecular flexibility index (Phi) is 11.0. The molecule has 1 aliphatic heterocycles. The highest BCUT2D eigenvalue weighted by molar-refractivity contribution is 7.73. The van der Waals surface area contributed by atoms with Gasteiger partial charge in [-0.25, -0.2) is 14.0 Å². The van der Waals surface area contributed by atoms with Crippen LogP contribution >= 0.6 is 30.9 Å². The van der Waals surface area contributed by atoms with Crippen LogP contribution < -0.4 is 5.09 Å². The summed E-state index contributed by atoms with van der Waals surface area (Å²) >= 11 is 8.39. The van der Waals surface area contributed by atoms with Crippen LogP contribution in [0.4, 0.5) is 0 Å². The fourth-order valence-corrected chi connectivity index (χ4v) is 3.92. The molecular formula is C7H16Cl2N2O5PS-. The molecule has 18 heavy (non-hydrogen) atoms. The Morgan fingerprint density at radius 2 is 1.94 bits per heavy atom. The van der Waals surface area contributed by atoms with E-state index in [1.54, 1.807) is 4.67 Å². The Morgan fingerprint density at radius 1 is 1.44 bits per heavy atom.